The first-order chi connectivity index (χ1) is 10.7. The Morgan fingerprint density at radius 3 is 2.78 bits per heavy atom. The van der Waals surface area contributed by atoms with E-state index in [1.807, 2.05) is 25.1 Å². The molecular formula is C17H25ClN2O3. The molecule has 0 bridgehead atoms. The van der Waals surface area contributed by atoms with E-state index in [-0.39, 0.29) is 29.6 Å². The molecule has 1 heterocycles. The number of anilines is 1. The first-order valence-corrected chi connectivity index (χ1v) is 8.01. The van der Waals surface area contributed by atoms with E-state index in [1.54, 1.807) is 7.11 Å². The highest BCUT2D eigenvalue weighted by Gasteiger charge is 2.57. The molecule has 1 unspecified atom stereocenters. The Labute approximate surface area is 143 Å². The Hall–Kier alpha value is -1.46. The molecular weight excluding hydrogens is 316 g/mol. The van der Waals surface area contributed by atoms with E-state index in [0.29, 0.717) is 23.8 Å². The van der Waals surface area contributed by atoms with E-state index in [2.05, 4.69) is 10.6 Å². The van der Waals surface area contributed by atoms with Crippen LogP contribution in [0, 0.1) is 11.3 Å². The molecule has 2 N–H and O–H groups in total. The Morgan fingerprint density at radius 1 is 1.39 bits per heavy atom. The number of carbonyl (C=O) groups excluding carboxylic acids is 1. The van der Waals surface area contributed by atoms with Crippen molar-refractivity contribution in [2.45, 2.75) is 26.2 Å². The summed E-state index contributed by atoms with van der Waals surface area (Å²) in [5.41, 5.74) is 0.933. The van der Waals surface area contributed by atoms with Gasteiger partial charge in [-0.05, 0) is 56.8 Å². The van der Waals surface area contributed by atoms with E-state index >= 15 is 0 Å². The fourth-order valence-corrected chi connectivity index (χ4v) is 3.43. The number of piperidine rings is 1. The summed E-state index contributed by atoms with van der Waals surface area (Å²) in [6.45, 7) is 4.54. The van der Waals surface area contributed by atoms with Crippen LogP contribution in [0.15, 0.2) is 18.2 Å². The maximum Gasteiger partial charge on any atom is 0.228 e. The molecule has 5 nitrogen and oxygen atoms in total. The van der Waals surface area contributed by atoms with Crippen LogP contribution < -0.4 is 20.1 Å². The summed E-state index contributed by atoms with van der Waals surface area (Å²) in [5, 5.41) is 6.40. The summed E-state index contributed by atoms with van der Waals surface area (Å²) in [5.74, 6) is 1.65. The van der Waals surface area contributed by atoms with Crippen LogP contribution in [0.2, 0.25) is 0 Å². The van der Waals surface area contributed by atoms with Gasteiger partial charge in [0.15, 0.2) is 0 Å². The lowest BCUT2D eigenvalue weighted by molar-refractivity contribution is -0.118. The summed E-state index contributed by atoms with van der Waals surface area (Å²) in [6.07, 6.45) is 3.21. The number of benzene rings is 1. The maximum atomic E-state index is 12.6. The fraction of sp³-hybridized carbons (Fsp3) is 0.588. The lowest BCUT2D eigenvalue weighted by Crippen LogP contribution is -2.31. The second kappa shape index (κ2) is 7.41. The van der Waals surface area contributed by atoms with E-state index in [9.17, 15) is 4.79 Å². The number of nitrogens with one attached hydrogen (secondary N) is 2. The van der Waals surface area contributed by atoms with Crippen molar-refractivity contribution >= 4 is 24.0 Å². The Balaban J connectivity index is 0.00000192. The first-order valence-electron chi connectivity index (χ1n) is 8.01. The molecule has 6 heteroatoms. The van der Waals surface area contributed by atoms with Crippen molar-refractivity contribution in [3.05, 3.63) is 18.2 Å². The highest BCUT2D eigenvalue weighted by Crippen LogP contribution is 2.58. The molecule has 1 aromatic carbocycles. The number of halogens is 1. The van der Waals surface area contributed by atoms with E-state index < -0.39 is 0 Å². The molecule has 23 heavy (non-hydrogen) atoms. The van der Waals surface area contributed by atoms with Gasteiger partial charge < -0.3 is 20.1 Å². The minimum absolute atomic E-state index is 0. The van der Waals surface area contributed by atoms with Crippen molar-refractivity contribution in [3.63, 3.8) is 0 Å². The predicted molar refractivity (Wildman–Crippen MR) is 92.7 cm³/mol. The number of rotatable bonds is 5. The number of ether oxygens (including phenoxy) is 2. The maximum absolute atomic E-state index is 12.6. The molecule has 128 valence electrons. The molecule has 1 atom stereocenters. The molecule has 0 aromatic heterocycles. The third-order valence-electron chi connectivity index (χ3n) is 4.85. The van der Waals surface area contributed by atoms with Gasteiger partial charge in [-0.15, -0.1) is 12.4 Å². The summed E-state index contributed by atoms with van der Waals surface area (Å²) >= 11 is 0. The normalized spacial score (nSPS) is 21.2. The highest BCUT2D eigenvalue weighted by molar-refractivity contribution is 5.96. The predicted octanol–water partition coefficient (Wildman–Crippen LogP) is 2.84. The minimum atomic E-state index is 0. The smallest absolute Gasteiger partial charge is 0.228 e. The molecule has 1 aliphatic heterocycles. The molecule has 2 aliphatic rings. The molecule has 0 radical (unpaired) electrons. The quantitative estimate of drug-likeness (QED) is 0.865. The van der Waals surface area contributed by atoms with Crippen LogP contribution in [0.25, 0.3) is 0 Å². The van der Waals surface area contributed by atoms with Crippen LogP contribution in [0.4, 0.5) is 5.69 Å². The highest BCUT2D eigenvalue weighted by atomic mass is 35.5. The second-order valence-electron chi connectivity index (χ2n) is 6.15. The van der Waals surface area contributed by atoms with Crippen molar-refractivity contribution in [1.29, 1.82) is 0 Å². The molecule has 1 spiro atoms. The van der Waals surface area contributed by atoms with Gasteiger partial charge in [-0.2, -0.15) is 0 Å². The van der Waals surface area contributed by atoms with Gasteiger partial charge >= 0.3 is 0 Å². The van der Waals surface area contributed by atoms with Crippen LogP contribution in [0.5, 0.6) is 11.5 Å². The molecule has 3 rings (SSSR count). The lowest BCUT2D eigenvalue weighted by Gasteiger charge is -2.23. The Morgan fingerprint density at radius 2 is 2.13 bits per heavy atom. The summed E-state index contributed by atoms with van der Waals surface area (Å²) in [4.78, 5) is 12.6. The van der Waals surface area contributed by atoms with Crippen molar-refractivity contribution in [2.24, 2.45) is 11.3 Å². The van der Waals surface area contributed by atoms with Gasteiger partial charge in [0.05, 0.1) is 19.4 Å². The third-order valence-corrected chi connectivity index (χ3v) is 4.85. The number of hydrogen-bond acceptors (Lipinski definition) is 4. The van der Waals surface area contributed by atoms with Crippen LogP contribution in [-0.2, 0) is 4.79 Å². The van der Waals surface area contributed by atoms with Crippen molar-refractivity contribution in [2.75, 3.05) is 32.1 Å². The van der Waals surface area contributed by atoms with Gasteiger partial charge in [0.2, 0.25) is 5.91 Å². The van der Waals surface area contributed by atoms with Crippen LogP contribution in [-0.4, -0.2) is 32.7 Å². The number of hydrogen-bond donors (Lipinski definition) is 2. The zero-order chi connectivity index (χ0) is 15.6. The largest absolute Gasteiger partial charge is 0.497 e. The average molecular weight is 341 g/mol. The monoisotopic (exact) mass is 340 g/mol. The summed E-state index contributed by atoms with van der Waals surface area (Å²) in [6, 6.07) is 5.50. The van der Waals surface area contributed by atoms with Gasteiger partial charge in [0.25, 0.3) is 0 Å². The van der Waals surface area contributed by atoms with E-state index in [0.717, 1.165) is 32.4 Å². The van der Waals surface area contributed by atoms with E-state index in [4.69, 9.17) is 9.47 Å². The number of carbonyl (C=O) groups is 1. The van der Waals surface area contributed by atoms with Gasteiger partial charge in [-0.3, -0.25) is 4.79 Å². The average Bonchev–Trinajstić information content (AvgIpc) is 3.23. The zero-order valence-electron chi connectivity index (χ0n) is 13.7. The lowest BCUT2D eigenvalue weighted by atomic mass is 9.92. The van der Waals surface area contributed by atoms with E-state index in [1.165, 1.54) is 0 Å². The first kappa shape index (κ1) is 17.9. The summed E-state index contributed by atoms with van der Waals surface area (Å²) in [7, 11) is 1.62. The van der Waals surface area contributed by atoms with Gasteiger partial charge in [-0.1, -0.05) is 0 Å². The van der Waals surface area contributed by atoms with Gasteiger partial charge in [0, 0.05) is 12.0 Å². The van der Waals surface area contributed by atoms with Gasteiger partial charge in [0.1, 0.15) is 11.5 Å². The topological polar surface area (TPSA) is 59.6 Å². The Kier molecular flexibility index (Phi) is 5.76. The van der Waals surface area contributed by atoms with Crippen LogP contribution in [0.3, 0.4) is 0 Å². The van der Waals surface area contributed by atoms with Crippen LogP contribution >= 0.6 is 12.4 Å². The number of amides is 1. The van der Waals surface area contributed by atoms with Crippen LogP contribution in [0.1, 0.15) is 26.2 Å². The van der Waals surface area contributed by atoms with Gasteiger partial charge in [-0.25, -0.2) is 0 Å². The molecule has 2 fully saturated rings. The molecule has 1 aliphatic carbocycles. The third kappa shape index (κ3) is 3.72. The molecule has 1 saturated heterocycles. The Bertz CT molecular complexity index is 559. The second-order valence-corrected chi connectivity index (χ2v) is 6.15. The standard InChI is InChI=1S/C17H24N2O3.ClH/c1-3-22-15-5-4-12(21-2)10-14(15)19-16(20)13-11-17(13)6-8-18-9-7-17;/h4-5,10,13,18H,3,6-9,11H2,1-2H3,(H,19,20);1H. The fourth-order valence-electron chi connectivity index (χ4n) is 3.43. The summed E-state index contributed by atoms with van der Waals surface area (Å²) < 4.78 is 10.8. The molecule has 1 saturated carbocycles. The SMILES string of the molecule is CCOc1ccc(OC)cc1NC(=O)C1CC12CCNCC2.Cl. The molecule has 1 amide bonds. The van der Waals surface area contributed by atoms with Crippen molar-refractivity contribution in [1.82, 2.24) is 5.32 Å². The van der Waals surface area contributed by atoms with Crippen molar-refractivity contribution in [3.8, 4) is 11.5 Å². The van der Waals surface area contributed by atoms with Crippen molar-refractivity contribution < 1.29 is 14.3 Å². The molecule has 1 aromatic rings. The minimum Gasteiger partial charge on any atom is -0.497 e. The number of methoxy groups -OCH3 is 1. The zero-order valence-corrected chi connectivity index (χ0v) is 14.5.